The molecule has 1 aromatic carbocycles. The standard InChI is InChI=1S/C10H9NO8S2.Li/c12-9-7-2-1-6(5-8(7)10(13)15-9)21-18-16-11-3-4-20-19-17-14;/h1-2,5,11,14H,3-4H2;/q;+1/p-1. The fourth-order valence-corrected chi connectivity index (χ4v) is 2.10. The summed E-state index contributed by atoms with van der Waals surface area (Å²) >= 11 is 1.64. The monoisotopic (exact) mass is 341 g/mol. The van der Waals surface area contributed by atoms with Crippen LogP contribution in [-0.4, -0.2) is 24.2 Å². The Balaban J connectivity index is 0.00000242. The predicted molar refractivity (Wildman–Crippen MR) is 66.8 cm³/mol. The van der Waals surface area contributed by atoms with Crippen LogP contribution in [0.5, 0.6) is 0 Å². The number of hydrogen-bond acceptors (Lipinski definition) is 11. The van der Waals surface area contributed by atoms with Crippen molar-refractivity contribution in [2.24, 2.45) is 0 Å². The van der Waals surface area contributed by atoms with Gasteiger partial charge in [0.25, 0.3) is 0 Å². The van der Waals surface area contributed by atoms with E-state index >= 15 is 0 Å². The molecule has 1 aliphatic heterocycles. The molecule has 22 heavy (non-hydrogen) atoms. The molecular weight excluding hydrogens is 333 g/mol. The van der Waals surface area contributed by atoms with Gasteiger partial charge in [-0.2, -0.15) is 9.81 Å². The topological polar surface area (TPSA) is 115 Å². The molecule has 1 aliphatic rings. The van der Waals surface area contributed by atoms with Gasteiger partial charge < -0.3 is 9.99 Å². The number of esters is 2. The molecular formula is C10H8LiNO8S2. The van der Waals surface area contributed by atoms with Crippen molar-refractivity contribution in [3.05, 3.63) is 29.3 Å². The zero-order valence-corrected chi connectivity index (χ0v) is 12.9. The number of rotatable bonds is 9. The summed E-state index contributed by atoms with van der Waals surface area (Å²) in [5.41, 5.74) is 2.85. The number of hydroxylamine groups is 1. The second-order valence-corrected chi connectivity index (χ2v) is 5.03. The third-order valence-corrected chi connectivity index (χ3v) is 3.31. The van der Waals surface area contributed by atoms with Gasteiger partial charge in [0.15, 0.2) is 0 Å². The molecule has 0 saturated carbocycles. The Morgan fingerprint density at radius 2 is 1.95 bits per heavy atom. The quantitative estimate of drug-likeness (QED) is 0.0964. The molecule has 12 heteroatoms. The summed E-state index contributed by atoms with van der Waals surface area (Å²) in [7, 11) is 0. The van der Waals surface area contributed by atoms with Crippen molar-refractivity contribution in [2.75, 3.05) is 12.3 Å². The summed E-state index contributed by atoms with van der Waals surface area (Å²) in [4.78, 5) is 27.8. The van der Waals surface area contributed by atoms with E-state index < -0.39 is 11.9 Å². The van der Waals surface area contributed by atoms with Crippen LogP contribution in [0.25, 0.3) is 0 Å². The number of fused-ring (bicyclic) bond motifs is 1. The first-order valence-electron chi connectivity index (χ1n) is 5.44. The van der Waals surface area contributed by atoms with Crippen molar-refractivity contribution in [1.29, 1.82) is 0 Å². The van der Waals surface area contributed by atoms with E-state index in [4.69, 9.17) is 4.33 Å². The maximum Gasteiger partial charge on any atom is 1.00 e. The molecule has 0 fully saturated rings. The summed E-state index contributed by atoms with van der Waals surface area (Å²) in [6.07, 6.45) is 0. The second kappa shape index (κ2) is 10.2. The summed E-state index contributed by atoms with van der Waals surface area (Å²) in [6.45, 7) is 0.333. The summed E-state index contributed by atoms with van der Waals surface area (Å²) in [6, 6.07) is 4.52. The van der Waals surface area contributed by atoms with Crippen LogP contribution in [0.2, 0.25) is 0 Å². The molecule has 0 radical (unpaired) electrons. The molecule has 9 nitrogen and oxygen atoms in total. The SMILES string of the molecule is O=C1OC(=O)c2cc(SOONCCSOO[O-])ccc21.[Li+]. The average molecular weight is 341 g/mol. The fraction of sp³-hybridized carbons (Fsp3) is 0.200. The molecule has 0 aliphatic carbocycles. The second-order valence-electron chi connectivity index (χ2n) is 3.47. The van der Waals surface area contributed by atoms with Gasteiger partial charge in [0.2, 0.25) is 0 Å². The van der Waals surface area contributed by atoms with Crippen LogP contribution in [0.4, 0.5) is 0 Å². The van der Waals surface area contributed by atoms with E-state index in [-0.39, 0.29) is 30.0 Å². The molecule has 2 rings (SSSR count). The van der Waals surface area contributed by atoms with Crippen molar-refractivity contribution in [3.8, 4) is 0 Å². The average Bonchev–Trinajstić information content (AvgIpc) is 2.76. The first-order chi connectivity index (χ1) is 10.2. The van der Waals surface area contributed by atoms with Crippen molar-refractivity contribution >= 4 is 36.0 Å². The Hall–Kier alpha value is -0.583. The van der Waals surface area contributed by atoms with E-state index in [1.165, 1.54) is 12.1 Å². The molecule has 0 saturated heterocycles. The smallest absolute Gasteiger partial charge is 0.691 e. The molecule has 114 valence electrons. The molecule has 0 unspecified atom stereocenters. The van der Waals surface area contributed by atoms with Gasteiger partial charge >= 0.3 is 30.8 Å². The van der Waals surface area contributed by atoms with Crippen LogP contribution in [0.3, 0.4) is 0 Å². The number of ether oxygens (including phenoxy) is 1. The van der Waals surface area contributed by atoms with Gasteiger partial charge in [-0.1, -0.05) is 0 Å². The summed E-state index contributed by atoms with van der Waals surface area (Å²) in [5.74, 6) is -0.954. The predicted octanol–water partition coefficient (Wildman–Crippen LogP) is -2.67. The molecule has 0 aromatic heterocycles. The summed E-state index contributed by atoms with van der Waals surface area (Å²) in [5, 5.41) is 12.6. The number of carbonyl (C=O) groups excluding carboxylic acids is 2. The van der Waals surface area contributed by atoms with Gasteiger partial charge in [0.1, 0.15) is 0 Å². The Labute approximate surface area is 145 Å². The minimum atomic E-state index is -0.686. The van der Waals surface area contributed by atoms with Crippen molar-refractivity contribution in [3.63, 3.8) is 0 Å². The van der Waals surface area contributed by atoms with E-state index in [0.717, 1.165) is 24.1 Å². The maximum atomic E-state index is 11.3. The van der Waals surface area contributed by atoms with Crippen molar-refractivity contribution in [1.82, 2.24) is 5.48 Å². The number of nitrogens with one attached hydrogen (secondary N) is 1. The maximum absolute atomic E-state index is 11.3. The molecule has 1 aromatic rings. The third kappa shape index (κ3) is 5.56. The van der Waals surface area contributed by atoms with Crippen molar-refractivity contribution in [2.45, 2.75) is 4.90 Å². The zero-order chi connectivity index (χ0) is 15.1. The van der Waals surface area contributed by atoms with Gasteiger partial charge in [-0.05, 0) is 18.2 Å². The molecule has 0 spiro atoms. The minimum absolute atomic E-state index is 0. The van der Waals surface area contributed by atoms with Crippen LogP contribution in [0, 0.1) is 0 Å². The first-order valence-corrected chi connectivity index (χ1v) is 7.09. The molecule has 0 atom stereocenters. The van der Waals surface area contributed by atoms with E-state index in [9.17, 15) is 14.8 Å². The largest absolute Gasteiger partial charge is 1.00 e. The van der Waals surface area contributed by atoms with E-state index in [1.54, 1.807) is 6.07 Å². The number of hydrogen-bond donors (Lipinski definition) is 1. The third-order valence-electron chi connectivity index (χ3n) is 2.20. The van der Waals surface area contributed by atoms with E-state index in [1.807, 2.05) is 0 Å². The minimum Gasteiger partial charge on any atom is -0.691 e. The van der Waals surface area contributed by atoms with Gasteiger partial charge in [0.05, 0.1) is 23.2 Å². The Kier molecular flexibility index (Phi) is 9.06. The van der Waals surface area contributed by atoms with Crippen LogP contribution >= 0.6 is 24.1 Å². The first kappa shape index (κ1) is 19.5. The Morgan fingerprint density at radius 1 is 1.18 bits per heavy atom. The number of benzene rings is 1. The van der Waals surface area contributed by atoms with Gasteiger partial charge in [-0.15, -0.1) is 9.32 Å². The van der Waals surface area contributed by atoms with E-state index in [0.29, 0.717) is 17.2 Å². The van der Waals surface area contributed by atoms with Gasteiger partial charge in [-0.25, -0.2) is 9.59 Å². The number of cyclic esters (lactones) is 2. The Bertz CT molecular complexity index is 532. The van der Waals surface area contributed by atoms with Gasteiger partial charge in [0, 0.05) is 29.2 Å². The van der Waals surface area contributed by atoms with Crippen LogP contribution in [0.15, 0.2) is 23.1 Å². The van der Waals surface area contributed by atoms with Crippen LogP contribution < -0.4 is 29.6 Å². The fourth-order valence-electron chi connectivity index (χ4n) is 1.38. The van der Waals surface area contributed by atoms with Gasteiger partial charge in [-0.3, -0.25) is 5.04 Å². The van der Waals surface area contributed by atoms with Crippen LogP contribution in [0.1, 0.15) is 20.7 Å². The molecule has 0 bridgehead atoms. The molecule has 1 N–H and O–H groups in total. The van der Waals surface area contributed by atoms with E-state index in [2.05, 4.69) is 24.6 Å². The Morgan fingerprint density at radius 3 is 2.73 bits per heavy atom. The van der Waals surface area contributed by atoms with Crippen molar-refractivity contribution < 1.29 is 57.1 Å². The normalized spacial score (nSPS) is 12.8. The van der Waals surface area contributed by atoms with Crippen LogP contribution in [-0.2, 0) is 23.4 Å². The summed E-state index contributed by atoms with van der Waals surface area (Å²) < 4.78 is 13.3. The molecule has 1 heterocycles. The number of carbonyl (C=O) groups is 2. The molecule has 0 amide bonds. The zero-order valence-electron chi connectivity index (χ0n) is 11.2.